The molecule has 0 bridgehead atoms. The molecule has 0 saturated carbocycles. The molecular weight excluding hydrogens is 238 g/mol. The van der Waals surface area contributed by atoms with Gasteiger partial charge in [-0.25, -0.2) is 0 Å². The molecule has 0 spiro atoms. The number of aliphatic carboxylic acids is 1. The highest BCUT2D eigenvalue weighted by Crippen LogP contribution is 2.23. The second-order valence-corrected chi connectivity index (χ2v) is 5.20. The Morgan fingerprint density at radius 1 is 1.21 bits per heavy atom. The standard InChI is InChI=1S/C16H17NO2/c18-16(19)14-8-9-17(11-14)10-13-6-3-5-12-4-1-2-7-15(12)13/h1-7,14H,8-11H2,(H,18,19)/t14-/m0/s1. The summed E-state index contributed by atoms with van der Waals surface area (Å²) < 4.78 is 0. The molecule has 0 amide bonds. The first-order valence-corrected chi connectivity index (χ1v) is 6.66. The summed E-state index contributed by atoms with van der Waals surface area (Å²) in [7, 11) is 0. The third kappa shape index (κ3) is 2.47. The molecule has 1 saturated heterocycles. The maximum Gasteiger partial charge on any atom is 0.307 e. The first-order valence-electron chi connectivity index (χ1n) is 6.66. The van der Waals surface area contributed by atoms with E-state index < -0.39 is 5.97 Å². The number of hydrogen-bond donors (Lipinski definition) is 1. The molecule has 0 unspecified atom stereocenters. The first-order chi connectivity index (χ1) is 9.24. The molecule has 2 aromatic rings. The summed E-state index contributed by atoms with van der Waals surface area (Å²) in [5.41, 5.74) is 1.28. The molecule has 1 N–H and O–H groups in total. The monoisotopic (exact) mass is 255 g/mol. The van der Waals surface area contributed by atoms with Gasteiger partial charge in [0.2, 0.25) is 0 Å². The Balaban J connectivity index is 1.81. The van der Waals surface area contributed by atoms with Crippen LogP contribution in [0, 0.1) is 5.92 Å². The van der Waals surface area contributed by atoms with Crippen molar-refractivity contribution in [2.24, 2.45) is 5.92 Å². The molecule has 2 aromatic carbocycles. The van der Waals surface area contributed by atoms with Crippen molar-refractivity contribution in [1.82, 2.24) is 4.90 Å². The molecular formula is C16H17NO2. The summed E-state index contributed by atoms with van der Waals surface area (Å²) in [4.78, 5) is 13.2. The largest absolute Gasteiger partial charge is 0.481 e. The van der Waals surface area contributed by atoms with Gasteiger partial charge in [0.1, 0.15) is 0 Å². The van der Waals surface area contributed by atoms with Crippen LogP contribution >= 0.6 is 0 Å². The maximum atomic E-state index is 11.0. The SMILES string of the molecule is O=C(O)[C@H]1CCN(Cc2cccc3ccccc23)C1. The van der Waals surface area contributed by atoms with Crippen molar-refractivity contribution in [2.75, 3.05) is 13.1 Å². The van der Waals surface area contributed by atoms with E-state index in [-0.39, 0.29) is 5.92 Å². The van der Waals surface area contributed by atoms with Crippen LogP contribution in [0.2, 0.25) is 0 Å². The maximum absolute atomic E-state index is 11.0. The van der Waals surface area contributed by atoms with E-state index in [9.17, 15) is 4.79 Å². The van der Waals surface area contributed by atoms with Crippen molar-refractivity contribution in [3.05, 3.63) is 48.0 Å². The van der Waals surface area contributed by atoms with Crippen LogP contribution < -0.4 is 0 Å². The number of hydrogen-bond acceptors (Lipinski definition) is 2. The quantitative estimate of drug-likeness (QED) is 0.916. The summed E-state index contributed by atoms with van der Waals surface area (Å²) in [6, 6.07) is 14.7. The van der Waals surface area contributed by atoms with Gasteiger partial charge < -0.3 is 5.11 Å². The van der Waals surface area contributed by atoms with Crippen LogP contribution in [0.15, 0.2) is 42.5 Å². The van der Waals surface area contributed by atoms with Crippen molar-refractivity contribution in [3.63, 3.8) is 0 Å². The Bertz CT molecular complexity index is 603. The number of likely N-dealkylation sites (tertiary alicyclic amines) is 1. The fourth-order valence-corrected chi connectivity index (χ4v) is 2.85. The molecule has 0 radical (unpaired) electrons. The molecule has 3 rings (SSSR count). The lowest BCUT2D eigenvalue weighted by atomic mass is 10.0. The van der Waals surface area contributed by atoms with Crippen molar-refractivity contribution in [3.8, 4) is 0 Å². The molecule has 19 heavy (non-hydrogen) atoms. The molecule has 1 atom stereocenters. The number of benzene rings is 2. The normalized spacial score (nSPS) is 19.9. The Labute approximate surface area is 112 Å². The Kier molecular flexibility index (Phi) is 3.22. The van der Waals surface area contributed by atoms with Crippen LogP contribution in [0.25, 0.3) is 10.8 Å². The average molecular weight is 255 g/mol. The van der Waals surface area contributed by atoms with Gasteiger partial charge in [0.05, 0.1) is 5.92 Å². The number of rotatable bonds is 3. The summed E-state index contributed by atoms with van der Waals surface area (Å²) in [5, 5.41) is 11.6. The van der Waals surface area contributed by atoms with Gasteiger partial charge in [-0.15, -0.1) is 0 Å². The van der Waals surface area contributed by atoms with Crippen LogP contribution in [0.5, 0.6) is 0 Å². The molecule has 3 nitrogen and oxygen atoms in total. The van der Waals surface area contributed by atoms with Crippen molar-refractivity contribution in [1.29, 1.82) is 0 Å². The van der Waals surface area contributed by atoms with Crippen LogP contribution in [0.3, 0.4) is 0 Å². The fraction of sp³-hybridized carbons (Fsp3) is 0.312. The van der Waals surface area contributed by atoms with Crippen LogP contribution in [0.4, 0.5) is 0 Å². The summed E-state index contributed by atoms with van der Waals surface area (Å²) in [6.07, 6.45) is 0.764. The lowest BCUT2D eigenvalue weighted by Gasteiger charge is -2.16. The highest BCUT2D eigenvalue weighted by molar-refractivity contribution is 5.85. The van der Waals surface area contributed by atoms with Gasteiger partial charge in [-0.05, 0) is 29.3 Å². The molecule has 1 aliphatic rings. The Hall–Kier alpha value is -1.87. The van der Waals surface area contributed by atoms with Gasteiger partial charge in [-0.1, -0.05) is 42.5 Å². The van der Waals surface area contributed by atoms with Crippen LogP contribution in [0.1, 0.15) is 12.0 Å². The van der Waals surface area contributed by atoms with E-state index in [0.717, 1.165) is 19.5 Å². The predicted molar refractivity (Wildman–Crippen MR) is 75.0 cm³/mol. The number of carbonyl (C=O) groups is 1. The van der Waals surface area contributed by atoms with Gasteiger partial charge in [-0.3, -0.25) is 9.69 Å². The lowest BCUT2D eigenvalue weighted by molar-refractivity contribution is -0.141. The van der Waals surface area contributed by atoms with E-state index in [0.29, 0.717) is 6.54 Å². The third-order valence-electron chi connectivity index (χ3n) is 3.90. The highest BCUT2D eigenvalue weighted by atomic mass is 16.4. The van der Waals surface area contributed by atoms with Gasteiger partial charge in [0.15, 0.2) is 0 Å². The van der Waals surface area contributed by atoms with E-state index in [4.69, 9.17) is 5.11 Å². The molecule has 0 aliphatic carbocycles. The second-order valence-electron chi connectivity index (χ2n) is 5.20. The van der Waals surface area contributed by atoms with Crippen molar-refractivity contribution in [2.45, 2.75) is 13.0 Å². The number of carboxylic acids is 1. The predicted octanol–water partition coefficient (Wildman–Crippen LogP) is 2.75. The minimum Gasteiger partial charge on any atom is -0.481 e. The van der Waals surface area contributed by atoms with E-state index in [1.807, 2.05) is 6.07 Å². The third-order valence-corrected chi connectivity index (χ3v) is 3.90. The zero-order chi connectivity index (χ0) is 13.2. The summed E-state index contributed by atoms with van der Waals surface area (Å²) in [6.45, 7) is 2.38. The van der Waals surface area contributed by atoms with Gasteiger partial charge in [0, 0.05) is 13.1 Å². The molecule has 1 fully saturated rings. The van der Waals surface area contributed by atoms with Crippen molar-refractivity contribution >= 4 is 16.7 Å². The Morgan fingerprint density at radius 2 is 2.00 bits per heavy atom. The van der Waals surface area contributed by atoms with Crippen LogP contribution in [-0.4, -0.2) is 29.1 Å². The molecule has 3 heteroatoms. The van der Waals surface area contributed by atoms with Crippen LogP contribution in [-0.2, 0) is 11.3 Å². The zero-order valence-electron chi connectivity index (χ0n) is 10.7. The number of fused-ring (bicyclic) bond motifs is 1. The highest BCUT2D eigenvalue weighted by Gasteiger charge is 2.27. The number of nitrogens with zero attached hydrogens (tertiary/aromatic N) is 1. The van der Waals surface area contributed by atoms with E-state index in [2.05, 4.69) is 41.3 Å². The minimum absolute atomic E-state index is 0.199. The van der Waals surface area contributed by atoms with Gasteiger partial charge in [0.25, 0.3) is 0 Å². The Morgan fingerprint density at radius 3 is 2.79 bits per heavy atom. The molecule has 1 aliphatic heterocycles. The summed E-state index contributed by atoms with van der Waals surface area (Å²) in [5.74, 6) is -0.865. The smallest absolute Gasteiger partial charge is 0.307 e. The van der Waals surface area contributed by atoms with E-state index in [1.165, 1.54) is 16.3 Å². The molecule has 98 valence electrons. The average Bonchev–Trinajstić information content (AvgIpc) is 2.88. The second kappa shape index (κ2) is 5.02. The topological polar surface area (TPSA) is 40.5 Å². The van der Waals surface area contributed by atoms with Gasteiger partial charge >= 0.3 is 5.97 Å². The zero-order valence-corrected chi connectivity index (χ0v) is 10.7. The first kappa shape index (κ1) is 12.2. The number of carboxylic acid groups (broad SMARTS) is 1. The summed E-state index contributed by atoms with van der Waals surface area (Å²) >= 11 is 0. The molecule has 0 aromatic heterocycles. The van der Waals surface area contributed by atoms with E-state index in [1.54, 1.807) is 0 Å². The van der Waals surface area contributed by atoms with E-state index >= 15 is 0 Å². The van der Waals surface area contributed by atoms with Crippen molar-refractivity contribution < 1.29 is 9.90 Å². The minimum atomic E-state index is -0.666. The fourth-order valence-electron chi connectivity index (χ4n) is 2.85. The van der Waals surface area contributed by atoms with Gasteiger partial charge in [-0.2, -0.15) is 0 Å². The lowest BCUT2D eigenvalue weighted by Crippen LogP contribution is -2.22. The molecule has 1 heterocycles.